The summed E-state index contributed by atoms with van der Waals surface area (Å²) in [6.07, 6.45) is 2.49. The monoisotopic (exact) mass is 188 g/mol. The number of hydrogen-bond acceptors (Lipinski definition) is 2. The Balaban J connectivity index is 3.20. The van der Waals surface area contributed by atoms with Crippen LogP contribution in [0.4, 0.5) is 0 Å². The molecule has 1 heterocycles. The highest BCUT2D eigenvalue weighted by Gasteiger charge is 2.03. The summed E-state index contributed by atoms with van der Waals surface area (Å²) in [6, 6.07) is 5.22. The molecule has 0 saturated carbocycles. The van der Waals surface area contributed by atoms with Crippen molar-refractivity contribution in [1.82, 2.24) is 4.57 Å². The number of allylic oxidation sites excluding steroid dienone is 1. The first-order valence-corrected chi connectivity index (χ1v) is 4.42. The average Bonchev–Trinajstić information content (AvgIpc) is 2.18. The molecule has 0 aliphatic carbocycles. The van der Waals surface area contributed by atoms with Crippen LogP contribution in [0.3, 0.4) is 0 Å². The second-order valence-corrected chi connectivity index (χ2v) is 3.03. The third kappa shape index (κ3) is 1.91. The number of nitrogens with zero attached hydrogens (tertiary/aromatic N) is 2. The predicted octanol–water partition coefficient (Wildman–Crippen LogP) is 1.60. The molecule has 0 saturated heterocycles. The highest BCUT2D eigenvalue weighted by atomic mass is 16.1. The van der Waals surface area contributed by atoms with Gasteiger partial charge in [-0.3, -0.25) is 4.79 Å². The number of hydrogen-bond donors (Lipinski definition) is 0. The quantitative estimate of drug-likeness (QED) is 0.676. The first kappa shape index (κ1) is 10.3. The van der Waals surface area contributed by atoms with Crippen molar-refractivity contribution in [2.75, 3.05) is 0 Å². The van der Waals surface area contributed by atoms with Crippen LogP contribution >= 0.6 is 0 Å². The van der Waals surface area contributed by atoms with E-state index in [-0.39, 0.29) is 11.1 Å². The van der Waals surface area contributed by atoms with Gasteiger partial charge in [0.25, 0.3) is 5.56 Å². The largest absolute Gasteiger partial charge is 0.312 e. The van der Waals surface area contributed by atoms with Crippen LogP contribution in [0.15, 0.2) is 29.6 Å². The lowest BCUT2D eigenvalue weighted by Crippen LogP contribution is -2.24. The van der Waals surface area contributed by atoms with E-state index in [9.17, 15) is 4.79 Å². The number of pyridine rings is 1. The summed E-state index contributed by atoms with van der Waals surface area (Å²) >= 11 is 0. The molecule has 1 aromatic heterocycles. The van der Waals surface area contributed by atoms with Gasteiger partial charge in [-0.2, -0.15) is 5.26 Å². The molecule has 0 aliphatic heterocycles. The first-order chi connectivity index (χ1) is 6.70. The molecule has 72 valence electrons. The van der Waals surface area contributed by atoms with Crippen molar-refractivity contribution in [2.45, 2.75) is 19.9 Å². The Hall–Kier alpha value is -1.82. The van der Waals surface area contributed by atoms with E-state index in [1.807, 2.05) is 13.0 Å². The van der Waals surface area contributed by atoms with Gasteiger partial charge in [0.2, 0.25) is 0 Å². The Bertz CT molecular complexity index is 438. The van der Waals surface area contributed by atoms with E-state index in [0.717, 1.165) is 12.1 Å². The maximum Gasteiger partial charge on any atom is 0.268 e. The third-order valence-corrected chi connectivity index (χ3v) is 2.07. The minimum atomic E-state index is -0.214. The van der Waals surface area contributed by atoms with Gasteiger partial charge < -0.3 is 4.57 Å². The standard InChI is InChI=1S/C11H12N2O/c1-3-4-7-13-9(2)5-6-10(8-12)11(13)14/h3,5-6H,1,4,7H2,2H3. The van der Waals surface area contributed by atoms with Crippen molar-refractivity contribution in [3.63, 3.8) is 0 Å². The molecule has 0 spiro atoms. The number of aromatic nitrogens is 1. The zero-order chi connectivity index (χ0) is 10.6. The lowest BCUT2D eigenvalue weighted by atomic mass is 10.2. The molecule has 0 atom stereocenters. The first-order valence-electron chi connectivity index (χ1n) is 4.42. The Labute approximate surface area is 82.9 Å². The smallest absolute Gasteiger partial charge is 0.268 e. The predicted molar refractivity (Wildman–Crippen MR) is 55.0 cm³/mol. The molecule has 0 radical (unpaired) electrons. The second kappa shape index (κ2) is 4.43. The Kier molecular flexibility index (Phi) is 3.24. The van der Waals surface area contributed by atoms with Crippen LogP contribution < -0.4 is 5.56 Å². The fourth-order valence-corrected chi connectivity index (χ4v) is 1.25. The molecule has 0 amide bonds. The molecule has 0 aliphatic rings. The molecular weight excluding hydrogens is 176 g/mol. The maximum absolute atomic E-state index is 11.6. The van der Waals surface area contributed by atoms with Gasteiger partial charge in [-0.25, -0.2) is 0 Å². The molecule has 0 bridgehead atoms. The lowest BCUT2D eigenvalue weighted by Gasteiger charge is -2.07. The fourth-order valence-electron chi connectivity index (χ4n) is 1.25. The summed E-state index contributed by atoms with van der Waals surface area (Å²) in [5.41, 5.74) is 0.852. The molecule has 0 N–H and O–H groups in total. The van der Waals surface area contributed by atoms with E-state index in [1.165, 1.54) is 0 Å². The van der Waals surface area contributed by atoms with Crippen LogP contribution in [0.5, 0.6) is 0 Å². The van der Waals surface area contributed by atoms with E-state index >= 15 is 0 Å². The van der Waals surface area contributed by atoms with Crippen LogP contribution in [-0.4, -0.2) is 4.57 Å². The third-order valence-electron chi connectivity index (χ3n) is 2.07. The van der Waals surface area contributed by atoms with Crippen molar-refractivity contribution in [1.29, 1.82) is 5.26 Å². The van der Waals surface area contributed by atoms with Crippen molar-refractivity contribution in [2.24, 2.45) is 0 Å². The van der Waals surface area contributed by atoms with Crippen molar-refractivity contribution in [3.8, 4) is 6.07 Å². The molecule has 0 unspecified atom stereocenters. The van der Waals surface area contributed by atoms with Gasteiger partial charge in [0.05, 0.1) is 0 Å². The minimum Gasteiger partial charge on any atom is -0.312 e. The highest BCUT2D eigenvalue weighted by Crippen LogP contribution is 1.99. The Morgan fingerprint density at radius 2 is 2.36 bits per heavy atom. The highest BCUT2D eigenvalue weighted by molar-refractivity contribution is 5.27. The summed E-state index contributed by atoms with van der Waals surface area (Å²) < 4.78 is 1.60. The summed E-state index contributed by atoms with van der Waals surface area (Å²) in [5.74, 6) is 0. The number of aryl methyl sites for hydroxylation is 1. The zero-order valence-electron chi connectivity index (χ0n) is 8.16. The minimum absolute atomic E-state index is 0.194. The Morgan fingerprint density at radius 3 is 2.93 bits per heavy atom. The van der Waals surface area contributed by atoms with Crippen molar-refractivity contribution >= 4 is 0 Å². The summed E-state index contributed by atoms with van der Waals surface area (Å²) in [5, 5.41) is 8.68. The fraction of sp³-hybridized carbons (Fsp3) is 0.273. The lowest BCUT2D eigenvalue weighted by molar-refractivity contribution is 0.658. The van der Waals surface area contributed by atoms with Gasteiger partial charge in [0, 0.05) is 12.2 Å². The zero-order valence-corrected chi connectivity index (χ0v) is 8.16. The molecule has 0 aromatic carbocycles. The SMILES string of the molecule is C=CCCn1c(C)ccc(C#N)c1=O. The van der Waals surface area contributed by atoms with Crippen LogP contribution in [0.1, 0.15) is 17.7 Å². The molecular formula is C11H12N2O. The summed E-state index contributed by atoms with van der Waals surface area (Å²) in [6.45, 7) is 6.04. The van der Waals surface area contributed by atoms with E-state index < -0.39 is 0 Å². The van der Waals surface area contributed by atoms with Crippen molar-refractivity contribution in [3.05, 3.63) is 46.4 Å². The molecule has 3 heteroatoms. The second-order valence-electron chi connectivity index (χ2n) is 3.03. The normalized spacial score (nSPS) is 9.43. The van der Waals surface area contributed by atoms with E-state index in [1.54, 1.807) is 22.8 Å². The Morgan fingerprint density at radius 1 is 1.64 bits per heavy atom. The van der Waals surface area contributed by atoms with Gasteiger partial charge in [-0.15, -0.1) is 6.58 Å². The molecule has 3 nitrogen and oxygen atoms in total. The average molecular weight is 188 g/mol. The van der Waals surface area contributed by atoms with Gasteiger partial charge >= 0.3 is 0 Å². The van der Waals surface area contributed by atoms with Crippen LogP contribution in [-0.2, 0) is 6.54 Å². The van der Waals surface area contributed by atoms with E-state index in [2.05, 4.69) is 6.58 Å². The van der Waals surface area contributed by atoms with Gasteiger partial charge in [-0.05, 0) is 25.5 Å². The van der Waals surface area contributed by atoms with E-state index in [4.69, 9.17) is 5.26 Å². The summed E-state index contributed by atoms with van der Waals surface area (Å²) in [7, 11) is 0. The topological polar surface area (TPSA) is 45.8 Å². The molecule has 14 heavy (non-hydrogen) atoms. The van der Waals surface area contributed by atoms with Crippen LogP contribution in [0.25, 0.3) is 0 Å². The number of rotatable bonds is 3. The molecule has 1 rings (SSSR count). The van der Waals surface area contributed by atoms with E-state index in [0.29, 0.717) is 6.54 Å². The van der Waals surface area contributed by atoms with Gasteiger partial charge in [0.15, 0.2) is 0 Å². The molecule has 1 aromatic rings. The van der Waals surface area contributed by atoms with Gasteiger partial charge in [0.1, 0.15) is 11.6 Å². The number of nitriles is 1. The summed E-state index contributed by atoms with van der Waals surface area (Å²) in [4.78, 5) is 11.6. The van der Waals surface area contributed by atoms with Gasteiger partial charge in [-0.1, -0.05) is 6.08 Å². The van der Waals surface area contributed by atoms with Crippen LogP contribution in [0, 0.1) is 18.3 Å². The van der Waals surface area contributed by atoms with Crippen LogP contribution in [0.2, 0.25) is 0 Å². The molecule has 0 fully saturated rings. The van der Waals surface area contributed by atoms with Crippen molar-refractivity contribution < 1.29 is 0 Å². The maximum atomic E-state index is 11.6.